The Bertz CT molecular complexity index is 509. The number of carboxylic acid groups (broad SMARTS) is 1. The number of aliphatic carboxylic acids is 1. The fourth-order valence-electron chi connectivity index (χ4n) is 3.07. The van der Waals surface area contributed by atoms with E-state index in [1.54, 1.807) is 26.6 Å². The third kappa shape index (κ3) is 4.70. The molecule has 1 atom stereocenters. The van der Waals surface area contributed by atoms with Crippen LogP contribution in [0.4, 0.5) is 0 Å². The first-order chi connectivity index (χ1) is 11.1. The molecule has 1 saturated heterocycles. The van der Waals surface area contributed by atoms with Crippen molar-refractivity contribution in [3.8, 4) is 0 Å². The van der Waals surface area contributed by atoms with Crippen LogP contribution in [0.5, 0.6) is 0 Å². The lowest BCUT2D eigenvalue weighted by atomic mass is 9.77. The fourth-order valence-corrected chi connectivity index (χ4v) is 3.07. The Morgan fingerprint density at radius 3 is 2.70 bits per heavy atom. The molecule has 0 spiro atoms. The smallest absolute Gasteiger partial charge is 0.311 e. The van der Waals surface area contributed by atoms with E-state index in [-0.39, 0.29) is 0 Å². The van der Waals surface area contributed by atoms with Gasteiger partial charge >= 0.3 is 5.97 Å². The van der Waals surface area contributed by atoms with Gasteiger partial charge in [-0.1, -0.05) is 0 Å². The number of carbonyl (C=O) groups is 1. The maximum absolute atomic E-state index is 11.8. The topological polar surface area (TPSA) is 84.8 Å². The summed E-state index contributed by atoms with van der Waals surface area (Å²) >= 11 is 0. The Labute approximate surface area is 136 Å². The number of ether oxygens (including phenoxy) is 2. The number of nitrogens with zero attached hydrogens (tertiary/aromatic N) is 3. The molecule has 0 saturated carbocycles. The maximum Gasteiger partial charge on any atom is 0.311 e. The Kier molecular flexibility index (Phi) is 6.44. The zero-order valence-corrected chi connectivity index (χ0v) is 13.8. The highest BCUT2D eigenvalue weighted by Crippen LogP contribution is 2.34. The Morgan fingerprint density at radius 2 is 2.09 bits per heavy atom. The number of likely N-dealkylation sites (tertiary alicyclic amines) is 1. The fraction of sp³-hybridized carbons (Fsp3) is 0.688. The third-order valence-corrected chi connectivity index (χ3v) is 4.33. The molecular weight excluding hydrogens is 298 g/mol. The van der Waals surface area contributed by atoms with Gasteiger partial charge in [0.15, 0.2) is 5.82 Å². The zero-order valence-electron chi connectivity index (χ0n) is 13.8. The van der Waals surface area contributed by atoms with Crippen LogP contribution < -0.4 is 0 Å². The first-order valence-corrected chi connectivity index (χ1v) is 7.83. The van der Waals surface area contributed by atoms with Gasteiger partial charge in [0.25, 0.3) is 0 Å². The van der Waals surface area contributed by atoms with Crippen molar-refractivity contribution < 1.29 is 19.4 Å². The van der Waals surface area contributed by atoms with Gasteiger partial charge in [-0.2, -0.15) is 0 Å². The van der Waals surface area contributed by atoms with Crippen molar-refractivity contribution in [3.05, 3.63) is 23.8 Å². The van der Waals surface area contributed by atoms with Crippen LogP contribution in [0.3, 0.4) is 0 Å². The van der Waals surface area contributed by atoms with Crippen molar-refractivity contribution in [1.82, 2.24) is 14.9 Å². The molecular formula is C16H25N3O4. The van der Waals surface area contributed by atoms with Crippen LogP contribution in [-0.2, 0) is 27.4 Å². The normalized spacial score (nSPS) is 22.2. The number of rotatable bonds is 8. The summed E-state index contributed by atoms with van der Waals surface area (Å²) in [5.41, 5.74) is 0.267. The average Bonchev–Trinajstić information content (AvgIpc) is 2.55. The number of hydrogen-bond acceptors (Lipinski definition) is 6. The minimum absolute atomic E-state index is 0.392. The van der Waals surface area contributed by atoms with Gasteiger partial charge < -0.3 is 14.6 Å². The maximum atomic E-state index is 11.8. The van der Waals surface area contributed by atoms with Crippen LogP contribution >= 0.6 is 0 Å². The summed E-state index contributed by atoms with van der Waals surface area (Å²) in [7, 11) is 3.21. The minimum atomic E-state index is -0.731. The second-order valence-corrected chi connectivity index (χ2v) is 6.08. The van der Waals surface area contributed by atoms with Crippen LogP contribution in [0, 0.1) is 5.41 Å². The van der Waals surface area contributed by atoms with Gasteiger partial charge in [-0.15, -0.1) is 0 Å². The summed E-state index contributed by atoms with van der Waals surface area (Å²) in [6.07, 6.45) is 5.68. The van der Waals surface area contributed by atoms with Crippen LogP contribution in [0.2, 0.25) is 0 Å². The molecule has 0 aliphatic carbocycles. The Balaban J connectivity index is 2.00. The van der Waals surface area contributed by atoms with Crippen molar-refractivity contribution in [2.45, 2.75) is 32.4 Å². The minimum Gasteiger partial charge on any atom is -0.481 e. The van der Waals surface area contributed by atoms with E-state index in [1.807, 2.05) is 0 Å². The molecule has 23 heavy (non-hydrogen) atoms. The number of piperidine rings is 1. The highest BCUT2D eigenvalue weighted by Gasteiger charge is 2.41. The molecule has 0 aromatic carbocycles. The predicted molar refractivity (Wildman–Crippen MR) is 83.8 cm³/mol. The highest BCUT2D eigenvalue weighted by molar-refractivity contribution is 5.75. The molecule has 1 aromatic rings. The van der Waals surface area contributed by atoms with Gasteiger partial charge in [-0.3, -0.25) is 9.69 Å². The zero-order chi connectivity index (χ0) is 16.7. The lowest BCUT2D eigenvalue weighted by Crippen LogP contribution is -2.48. The molecule has 1 N–H and O–H groups in total. The van der Waals surface area contributed by atoms with Gasteiger partial charge in [0.1, 0.15) is 6.61 Å². The van der Waals surface area contributed by atoms with Crippen molar-refractivity contribution in [3.63, 3.8) is 0 Å². The summed E-state index contributed by atoms with van der Waals surface area (Å²) in [5.74, 6) is -0.0826. The van der Waals surface area contributed by atoms with Gasteiger partial charge in [0.2, 0.25) is 0 Å². The van der Waals surface area contributed by atoms with Gasteiger partial charge in [-0.05, 0) is 25.8 Å². The van der Waals surface area contributed by atoms with E-state index in [1.165, 1.54) is 0 Å². The Hall–Kier alpha value is -1.57. The highest BCUT2D eigenvalue weighted by atomic mass is 16.5. The molecule has 0 bridgehead atoms. The molecule has 2 rings (SSSR count). The average molecular weight is 323 g/mol. The van der Waals surface area contributed by atoms with Crippen LogP contribution in [0.1, 0.15) is 30.7 Å². The van der Waals surface area contributed by atoms with E-state index in [9.17, 15) is 9.90 Å². The third-order valence-electron chi connectivity index (χ3n) is 4.33. The van der Waals surface area contributed by atoms with E-state index in [4.69, 9.17) is 9.47 Å². The number of hydrogen-bond donors (Lipinski definition) is 1. The molecule has 1 aliphatic heterocycles. The molecule has 0 amide bonds. The van der Waals surface area contributed by atoms with Crippen LogP contribution in [0.15, 0.2) is 12.4 Å². The monoisotopic (exact) mass is 323 g/mol. The van der Waals surface area contributed by atoms with E-state index in [0.717, 1.165) is 18.5 Å². The number of methoxy groups -OCH3 is 2. The predicted octanol–water partition coefficient (Wildman–Crippen LogP) is 1.33. The summed E-state index contributed by atoms with van der Waals surface area (Å²) in [6, 6.07) is 0. The molecule has 1 fully saturated rings. The van der Waals surface area contributed by atoms with Crippen molar-refractivity contribution in [2.24, 2.45) is 5.41 Å². The van der Waals surface area contributed by atoms with Crippen molar-refractivity contribution in [2.75, 3.05) is 33.9 Å². The largest absolute Gasteiger partial charge is 0.481 e. The first-order valence-electron chi connectivity index (χ1n) is 7.83. The van der Waals surface area contributed by atoms with Gasteiger partial charge in [0, 0.05) is 51.9 Å². The number of carboxylic acids is 1. The second-order valence-electron chi connectivity index (χ2n) is 6.08. The summed E-state index contributed by atoms with van der Waals surface area (Å²) in [4.78, 5) is 22.5. The van der Waals surface area contributed by atoms with Crippen LogP contribution in [-0.4, -0.2) is 59.9 Å². The molecule has 7 heteroatoms. The molecule has 1 aliphatic rings. The lowest BCUT2D eigenvalue weighted by Gasteiger charge is -2.39. The second kappa shape index (κ2) is 8.33. The first kappa shape index (κ1) is 17.8. The number of aromatic nitrogens is 2. The van der Waals surface area contributed by atoms with E-state index in [0.29, 0.717) is 45.0 Å². The molecule has 2 heterocycles. The quantitative estimate of drug-likeness (QED) is 0.772. The van der Waals surface area contributed by atoms with Gasteiger partial charge in [-0.25, -0.2) is 9.97 Å². The standard InChI is InChI=1S/C16H25N3O4/c1-22-7-5-16(15(20)21)4-3-6-19(12-16)10-13-8-17-14(11-23-2)18-9-13/h8-9H,3-7,10-12H2,1-2H3,(H,20,21)/t16-/m1/s1. The Morgan fingerprint density at radius 1 is 1.35 bits per heavy atom. The molecule has 1 aromatic heterocycles. The van der Waals surface area contributed by atoms with Crippen molar-refractivity contribution in [1.29, 1.82) is 0 Å². The SMILES string of the molecule is COCC[C@]1(C(=O)O)CCCN(Cc2cnc(COC)nc2)C1. The van der Waals surface area contributed by atoms with Crippen LogP contribution in [0.25, 0.3) is 0 Å². The molecule has 0 radical (unpaired) electrons. The molecule has 0 unspecified atom stereocenters. The van der Waals surface area contributed by atoms with E-state index < -0.39 is 11.4 Å². The lowest BCUT2D eigenvalue weighted by molar-refractivity contribution is -0.154. The van der Waals surface area contributed by atoms with Gasteiger partial charge in [0.05, 0.1) is 5.41 Å². The molecule has 7 nitrogen and oxygen atoms in total. The van der Waals surface area contributed by atoms with E-state index >= 15 is 0 Å². The molecule has 128 valence electrons. The summed E-state index contributed by atoms with van der Waals surface area (Å²) in [6.45, 7) is 2.95. The van der Waals surface area contributed by atoms with Crippen molar-refractivity contribution >= 4 is 5.97 Å². The van der Waals surface area contributed by atoms with E-state index in [2.05, 4.69) is 14.9 Å². The summed E-state index contributed by atoms with van der Waals surface area (Å²) in [5, 5.41) is 9.67. The summed E-state index contributed by atoms with van der Waals surface area (Å²) < 4.78 is 10.1.